The van der Waals surface area contributed by atoms with Crippen molar-refractivity contribution in [2.75, 3.05) is 0 Å². The summed E-state index contributed by atoms with van der Waals surface area (Å²) in [5.41, 5.74) is 5.07. The van der Waals surface area contributed by atoms with Gasteiger partial charge in [0.25, 0.3) is 0 Å². The Labute approximate surface area is 143 Å². The summed E-state index contributed by atoms with van der Waals surface area (Å²) < 4.78 is 6.41. The Morgan fingerprint density at radius 1 is 1.41 bits per heavy atom. The fourth-order valence-electron chi connectivity index (χ4n) is 2.44. The van der Waals surface area contributed by atoms with E-state index in [0.717, 1.165) is 12.8 Å². The van der Waals surface area contributed by atoms with E-state index in [2.05, 4.69) is 36.7 Å². The SMILES string of the molecule is CC(C)(C)NNC(=O)OC1(c2nc(Cl)ncc2Br)CCCC1. The molecule has 2 N–H and O–H groups in total. The van der Waals surface area contributed by atoms with Crippen LogP contribution in [0.1, 0.15) is 52.1 Å². The molecule has 0 saturated heterocycles. The monoisotopic (exact) mass is 390 g/mol. The molecule has 0 spiro atoms. The number of ether oxygens (including phenoxy) is 1. The molecule has 1 saturated carbocycles. The summed E-state index contributed by atoms with van der Waals surface area (Å²) in [6.45, 7) is 5.83. The van der Waals surface area contributed by atoms with E-state index in [4.69, 9.17) is 16.3 Å². The minimum atomic E-state index is -0.769. The third-order valence-electron chi connectivity index (χ3n) is 3.39. The van der Waals surface area contributed by atoms with Crippen LogP contribution in [0.3, 0.4) is 0 Å². The molecule has 6 nitrogen and oxygen atoms in total. The van der Waals surface area contributed by atoms with E-state index in [9.17, 15) is 4.79 Å². The average Bonchev–Trinajstić information content (AvgIpc) is 2.88. The van der Waals surface area contributed by atoms with Gasteiger partial charge in [-0.3, -0.25) is 5.43 Å². The van der Waals surface area contributed by atoms with Crippen molar-refractivity contribution >= 4 is 33.6 Å². The summed E-state index contributed by atoms with van der Waals surface area (Å²) in [5, 5.41) is 0.140. The van der Waals surface area contributed by atoms with E-state index in [1.807, 2.05) is 20.8 Å². The number of hydrogen-bond acceptors (Lipinski definition) is 5. The Bertz CT molecular complexity index is 556. The molecule has 1 aromatic heterocycles. The molecule has 122 valence electrons. The molecule has 1 amide bonds. The highest BCUT2D eigenvalue weighted by Gasteiger charge is 2.43. The largest absolute Gasteiger partial charge is 0.435 e. The van der Waals surface area contributed by atoms with Gasteiger partial charge in [0.2, 0.25) is 5.28 Å². The number of hydrazine groups is 1. The normalized spacial score (nSPS) is 17.3. The first-order valence-electron chi connectivity index (χ1n) is 7.17. The van der Waals surface area contributed by atoms with E-state index in [-0.39, 0.29) is 10.8 Å². The van der Waals surface area contributed by atoms with Crippen LogP contribution in [0.5, 0.6) is 0 Å². The number of aromatic nitrogens is 2. The van der Waals surface area contributed by atoms with Crippen LogP contribution in [0.15, 0.2) is 10.7 Å². The Hall–Kier alpha value is -0.920. The van der Waals surface area contributed by atoms with Crippen molar-refractivity contribution in [3.05, 3.63) is 21.6 Å². The number of halogens is 2. The molecule has 0 aliphatic heterocycles. The van der Waals surface area contributed by atoms with E-state index in [1.165, 1.54) is 0 Å². The summed E-state index contributed by atoms with van der Waals surface area (Å²) >= 11 is 9.33. The summed E-state index contributed by atoms with van der Waals surface area (Å²) in [5.74, 6) is 0. The molecule has 0 bridgehead atoms. The fourth-order valence-corrected chi connectivity index (χ4v) is 3.13. The molecule has 2 rings (SSSR count). The number of hydrogen-bond donors (Lipinski definition) is 2. The molecule has 0 atom stereocenters. The molecule has 0 aromatic carbocycles. The van der Waals surface area contributed by atoms with Crippen LogP contribution in [0.4, 0.5) is 4.79 Å². The zero-order valence-corrected chi connectivity index (χ0v) is 15.2. The lowest BCUT2D eigenvalue weighted by molar-refractivity contribution is 0.00478. The zero-order chi connectivity index (χ0) is 16.4. The first-order valence-corrected chi connectivity index (χ1v) is 8.34. The van der Waals surface area contributed by atoms with Gasteiger partial charge in [0.1, 0.15) is 5.69 Å². The molecule has 1 fully saturated rings. The Morgan fingerprint density at radius 2 is 2.05 bits per heavy atom. The molecule has 0 radical (unpaired) electrons. The summed E-state index contributed by atoms with van der Waals surface area (Å²) in [6, 6.07) is 0. The minimum Gasteiger partial charge on any atom is -0.435 e. The van der Waals surface area contributed by atoms with E-state index in [1.54, 1.807) is 6.20 Å². The molecule has 8 heteroatoms. The maximum Gasteiger partial charge on any atom is 0.422 e. The maximum atomic E-state index is 12.1. The molecule has 1 aliphatic carbocycles. The minimum absolute atomic E-state index is 0.140. The van der Waals surface area contributed by atoms with Gasteiger partial charge in [-0.1, -0.05) is 0 Å². The van der Waals surface area contributed by atoms with Crippen LogP contribution in [0.25, 0.3) is 0 Å². The van der Waals surface area contributed by atoms with Gasteiger partial charge in [-0.2, -0.15) is 0 Å². The lowest BCUT2D eigenvalue weighted by atomic mass is 9.97. The highest BCUT2D eigenvalue weighted by molar-refractivity contribution is 9.10. The number of nitrogens with one attached hydrogen (secondary N) is 2. The van der Waals surface area contributed by atoms with Crippen molar-refractivity contribution in [1.29, 1.82) is 0 Å². The van der Waals surface area contributed by atoms with Crippen molar-refractivity contribution < 1.29 is 9.53 Å². The quantitative estimate of drug-likeness (QED) is 0.607. The topological polar surface area (TPSA) is 76.1 Å². The summed E-state index contributed by atoms with van der Waals surface area (Å²) in [6.07, 6.45) is 4.41. The van der Waals surface area contributed by atoms with Crippen molar-refractivity contribution in [2.45, 2.75) is 57.6 Å². The van der Waals surface area contributed by atoms with Gasteiger partial charge in [0, 0.05) is 11.7 Å². The first-order chi connectivity index (χ1) is 10.2. The predicted octanol–water partition coefficient (Wildman–Crippen LogP) is 3.69. The first kappa shape index (κ1) is 17.4. The zero-order valence-electron chi connectivity index (χ0n) is 12.9. The van der Waals surface area contributed by atoms with Crippen molar-refractivity contribution in [1.82, 2.24) is 20.8 Å². The van der Waals surface area contributed by atoms with E-state index < -0.39 is 11.7 Å². The second-order valence-electron chi connectivity index (χ2n) is 6.43. The van der Waals surface area contributed by atoms with Crippen molar-refractivity contribution in [3.63, 3.8) is 0 Å². The molecule has 1 heterocycles. The maximum absolute atomic E-state index is 12.1. The van der Waals surface area contributed by atoms with Crippen LogP contribution in [0.2, 0.25) is 5.28 Å². The Kier molecular flexibility index (Phi) is 5.29. The predicted molar refractivity (Wildman–Crippen MR) is 87.4 cm³/mol. The third kappa shape index (κ3) is 4.30. The lowest BCUT2D eigenvalue weighted by Gasteiger charge is -2.30. The summed E-state index contributed by atoms with van der Waals surface area (Å²) in [4.78, 5) is 20.3. The summed E-state index contributed by atoms with van der Waals surface area (Å²) in [7, 11) is 0. The van der Waals surface area contributed by atoms with Gasteiger partial charge in [-0.05, 0) is 74.0 Å². The smallest absolute Gasteiger partial charge is 0.422 e. The van der Waals surface area contributed by atoms with Gasteiger partial charge >= 0.3 is 6.09 Å². The standard InChI is InChI=1S/C14H20BrClN4O2/c1-13(2,3)20-19-12(21)22-14(6-4-5-7-14)10-9(15)8-17-11(16)18-10/h8,20H,4-7H2,1-3H3,(H,19,21). The second kappa shape index (κ2) is 6.68. The highest BCUT2D eigenvalue weighted by atomic mass is 79.9. The van der Waals surface area contributed by atoms with E-state index >= 15 is 0 Å². The number of amides is 1. The van der Waals surface area contributed by atoms with Gasteiger partial charge in [-0.15, -0.1) is 0 Å². The third-order valence-corrected chi connectivity index (χ3v) is 4.15. The van der Waals surface area contributed by atoms with Crippen LogP contribution in [0, 0.1) is 0 Å². The molecular formula is C14H20BrClN4O2. The number of nitrogens with zero attached hydrogens (tertiary/aromatic N) is 2. The number of carbonyl (C=O) groups excluding carboxylic acids is 1. The second-order valence-corrected chi connectivity index (χ2v) is 7.62. The van der Waals surface area contributed by atoms with Gasteiger partial charge in [0.15, 0.2) is 5.60 Å². The van der Waals surface area contributed by atoms with Gasteiger partial charge in [-0.25, -0.2) is 20.2 Å². The lowest BCUT2D eigenvalue weighted by Crippen LogP contribution is -2.50. The van der Waals surface area contributed by atoms with Crippen LogP contribution >= 0.6 is 27.5 Å². The number of carbonyl (C=O) groups is 1. The molecule has 0 unspecified atom stereocenters. The van der Waals surface area contributed by atoms with Crippen LogP contribution < -0.4 is 10.9 Å². The molecule has 22 heavy (non-hydrogen) atoms. The van der Waals surface area contributed by atoms with Crippen molar-refractivity contribution in [3.8, 4) is 0 Å². The Balaban J connectivity index is 2.19. The fraction of sp³-hybridized carbons (Fsp3) is 0.643. The van der Waals surface area contributed by atoms with Crippen LogP contribution in [-0.4, -0.2) is 21.6 Å². The van der Waals surface area contributed by atoms with E-state index in [0.29, 0.717) is 23.0 Å². The van der Waals surface area contributed by atoms with Crippen LogP contribution in [-0.2, 0) is 10.3 Å². The Morgan fingerprint density at radius 3 is 2.64 bits per heavy atom. The molecule has 1 aliphatic rings. The van der Waals surface area contributed by atoms with Crippen molar-refractivity contribution in [2.24, 2.45) is 0 Å². The average molecular weight is 392 g/mol. The number of rotatable bonds is 3. The van der Waals surface area contributed by atoms with Gasteiger partial charge < -0.3 is 4.74 Å². The van der Waals surface area contributed by atoms with Gasteiger partial charge in [0.05, 0.1) is 4.47 Å². The highest BCUT2D eigenvalue weighted by Crippen LogP contribution is 2.44. The molecular weight excluding hydrogens is 372 g/mol. The molecule has 1 aromatic rings.